The summed E-state index contributed by atoms with van der Waals surface area (Å²) in [5.74, 6) is -0.0510. The Morgan fingerprint density at radius 1 is 1.24 bits per heavy atom. The number of anilines is 1. The Kier molecular flexibility index (Phi) is 5.84. The van der Waals surface area contributed by atoms with Gasteiger partial charge in [-0.1, -0.05) is 13.0 Å². The molecule has 0 aliphatic heterocycles. The zero-order valence-electron chi connectivity index (χ0n) is 13.5. The molecule has 2 aromatic rings. The SMILES string of the molecule is CCCOc1cccc(NC(=O)Cn2cc(C(F)(F)F)ccc2=O)c1. The number of nitrogens with one attached hydrogen (secondary N) is 1. The minimum Gasteiger partial charge on any atom is -0.494 e. The number of pyridine rings is 1. The number of carbonyl (C=O) groups is 1. The van der Waals surface area contributed by atoms with Gasteiger partial charge in [0, 0.05) is 24.0 Å². The third kappa shape index (κ3) is 5.37. The van der Waals surface area contributed by atoms with Gasteiger partial charge in [-0.25, -0.2) is 0 Å². The normalized spacial score (nSPS) is 11.2. The van der Waals surface area contributed by atoms with Crippen molar-refractivity contribution < 1.29 is 22.7 Å². The summed E-state index contributed by atoms with van der Waals surface area (Å²) in [7, 11) is 0. The summed E-state index contributed by atoms with van der Waals surface area (Å²) in [5.41, 5.74) is -1.25. The van der Waals surface area contributed by atoms with Gasteiger partial charge < -0.3 is 14.6 Å². The summed E-state index contributed by atoms with van der Waals surface area (Å²) < 4.78 is 44.3. The standard InChI is InChI=1S/C17H17F3N2O3/c1-2-8-25-14-5-3-4-13(9-14)21-15(23)11-22-10-12(17(18,19)20)6-7-16(22)24/h3-7,9-10H,2,8,11H2,1H3,(H,21,23). The van der Waals surface area contributed by atoms with Crippen LogP contribution in [0.4, 0.5) is 18.9 Å². The number of aromatic nitrogens is 1. The van der Waals surface area contributed by atoms with E-state index >= 15 is 0 Å². The molecule has 0 atom stereocenters. The van der Waals surface area contributed by atoms with E-state index in [1.165, 1.54) is 0 Å². The third-order valence-corrected chi connectivity index (χ3v) is 3.22. The first-order valence-corrected chi connectivity index (χ1v) is 7.60. The fourth-order valence-electron chi connectivity index (χ4n) is 2.06. The fraction of sp³-hybridized carbons (Fsp3) is 0.294. The van der Waals surface area contributed by atoms with E-state index in [1.54, 1.807) is 24.3 Å². The quantitative estimate of drug-likeness (QED) is 0.866. The van der Waals surface area contributed by atoms with Crippen molar-refractivity contribution in [1.82, 2.24) is 4.57 Å². The number of nitrogens with zero attached hydrogens (tertiary/aromatic N) is 1. The summed E-state index contributed by atoms with van der Waals surface area (Å²) in [4.78, 5) is 23.7. The van der Waals surface area contributed by atoms with E-state index in [2.05, 4.69) is 5.32 Å². The topological polar surface area (TPSA) is 60.3 Å². The van der Waals surface area contributed by atoms with Crippen LogP contribution in [0.1, 0.15) is 18.9 Å². The van der Waals surface area contributed by atoms with Gasteiger partial charge in [0.25, 0.3) is 5.56 Å². The van der Waals surface area contributed by atoms with Crippen LogP contribution >= 0.6 is 0 Å². The Labute approximate surface area is 142 Å². The Morgan fingerprint density at radius 2 is 2.00 bits per heavy atom. The van der Waals surface area contributed by atoms with Crippen molar-refractivity contribution in [3.05, 3.63) is 58.5 Å². The zero-order chi connectivity index (χ0) is 18.4. The molecule has 1 heterocycles. The first-order valence-electron chi connectivity index (χ1n) is 7.60. The van der Waals surface area contributed by atoms with E-state index in [9.17, 15) is 22.8 Å². The lowest BCUT2D eigenvalue weighted by atomic mass is 10.2. The Hall–Kier alpha value is -2.77. The van der Waals surface area contributed by atoms with Crippen molar-refractivity contribution in [2.45, 2.75) is 26.1 Å². The van der Waals surface area contributed by atoms with Crippen molar-refractivity contribution in [1.29, 1.82) is 0 Å². The van der Waals surface area contributed by atoms with E-state index in [4.69, 9.17) is 4.74 Å². The molecule has 0 bridgehead atoms. The summed E-state index contributed by atoms with van der Waals surface area (Å²) in [5, 5.41) is 2.53. The second-order valence-corrected chi connectivity index (χ2v) is 5.31. The minimum absolute atomic E-state index is 0.429. The molecule has 0 saturated heterocycles. The molecule has 134 valence electrons. The first kappa shape index (κ1) is 18.6. The van der Waals surface area contributed by atoms with Crippen molar-refractivity contribution in [2.24, 2.45) is 0 Å². The molecule has 1 amide bonds. The molecule has 0 saturated carbocycles. The molecule has 1 aromatic heterocycles. The van der Waals surface area contributed by atoms with Gasteiger partial charge in [0.05, 0.1) is 12.2 Å². The predicted octanol–water partition coefficient (Wildman–Crippen LogP) is 3.29. The van der Waals surface area contributed by atoms with E-state index in [-0.39, 0.29) is 0 Å². The third-order valence-electron chi connectivity index (χ3n) is 3.22. The second-order valence-electron chi connectivity index (χ2n) is 5.31. The average Bonchev–Trinajstić information content (AvgIpc) is 2.54. The van der Waals surface area contributed by atoms with Crippen LogP contribution in [-0.2, 0) is 17.5 Å². The summed E-state index contributed by atoms with van der Waals surface area (Å²) >= 11 is 0. The molecule has 0 fully saturated rings. The van der Waals surface area contributed by atoms with Crippen molar-refractivity contribution in [3.63, 3.8) is 0 Å². The summed E-state index contributed by atoms with van der Waals surface area (Å²) in [6.45, 7) is 1.96. The van der Waals surface area contributed by atoms with Gasteiger partial charge >= 0.3 is 6.18 Å². The Morgan fingerprint density at radius 3 is 2.68 bits per heavy atom. The minimum atomic E-state index is -4.59. The van der Waals surface area contributed by atoms with Crippen molar-refractivity contribution >= 4 is 11.6 Å². The maximum atomic E-state index is 12.7. The summed E-state index contributed by atoms with van der Waals surface area (Å²) in [6, 6.07) is 8.09. The lowest BCUT2D eigenvalue weighted by Gasteiger charge is -2.11. The van der Waals surface area contributed by atoms with Gasteiger partial charge in [-0.15, -0.1) is 0 Å². The van der Waals surface area contributed by atoms with Gasteiger partial charge in [-0.05, 0) is 24.6 Å². The molecule has 0 spiro atoms. The second kappa shape index (κ2) is 7.87. The number of ether oxygens (including phenoxy) is 1. The van der Waals surface area contributed by atoms with Gasteiger partial charge in [0.1, 0.15) is 12.3 Å². The monoisotopic (exact) mass is 354 g/mol. The van der Waals surface area contributed by atoms with Gasteiger partial charge in [-0.2, -0.15) is 13.2 Å². The highest BCUT2D eigenvalue weighted by atomic mass is 19.4. The molecular formula is C17H17F3N2O3. The number of benzene rings is 1. The van der Waals surface area contributed by atoms with Gasteiger partial charge in [0.2, 0.25) is 5.91 Å². The van der Waals surface area contributed by atoms with Crippen molar-refractivity contribution in [2.75, 3.05) is 11.9 Å². The Bertz CT molecular complexity index is 800. The highest BCUT2D eigenvalue weighted by Gasteiger charge is 2.31. The summed E-state index contributed by atoms with van der Waals surface area (Å²) in [6.07, 6.45) is -3.13. The van der Waals surface area contributed by atoms with E-state index in [1.807, 2.05) is 6.92 Å². The molecule has 25 heavy (non-hydrogen) atoms. The molecule has 0 aliphatic rings. The van der Waals surface area contributed by atoms with Crippen LogP contribution in [0, 0.1) is 0 Å². The molecule has 1 aromatic carbocycles. The van der Waals surface area contributed by atoms with Gasteiger partial charge in [-0.3, -0.25) is 9.59 Å². The smallest absolute Gasteiger partial charge is 0.417 e. The number of hydrogen-bond donors (Lipinski definition) is 1. The molecule has 2 rings (SSSR count). The van der Waals surface area contributed by atoms with Crippen LogP contribution in [0.15, 0.2) is 47.4 Å². The number of rotatable bonds is 6. The van der Waals surface area contributed by atoms with Crippen LogP contribution in [0.5, 0.6) is 5.75 Å². The molecular weight excluding hydrogens is 337 g/mol. The van der Waals surface area contributed by atoms with Crippen LogP contribution < -0.4 is 15.6 Å². The Balaban J connectivity index is 2.09. The van der Waals surface area contributed by atoms with Crippen LogP contribution in [0.2, 0.25) is 0 Å². The molecule has 1 N–H and O–H groups in total. The van der Waals surface area contributed by atoms with Gasteiger partial charge in [0.15, 0.2) is 0 Å². The van der Waals surface area contributed by atoms with Crippen LogP contribution in [0.25, 0.3) is 0 Å². The number of hydrogen-bond acceptors (Lipinski definition) is 3. The molecule has 0 radical (unpaired) electrons. The predicted molar refractivity (Wildman–Crippen MR) is 86.6 cm³/mol. The lowest BCUT2D eigenvalue weighted by Crippen LogP contribution is -2.28. The van der Waals surface area contributed by atoms with Crippen LogP contribution in [0.3, 0.4) is 0 Å². The van der Waals surface area contributed by atoms with E-state index in [0.717, 1.165) is 17.1 Å². The number of halogens is 3. The maximum Gasteiger partial charge on any atom is 0.417 e. The molecule has 0 unspecified atom stereocenters. The first-order chi connectivity index (χ1) is 11.8. The van der Waals surface area contributed by atoms with Crippen LogP contribution in [-0.4, -0.2) is 17.1 Å². The number of amides is 1. The highest BCUT2D eigenvalue weighted by molar-refractivity contribution is 5.90. The number of alkyl halides is 3. The largest absolute Gasteiger partial charge is 0.494 e. The maximum absolute atomic E-state index is 12.7. The molecule has 8 heteroatoms. The van der Waals surface area contributed by atoms with E-state index < -0.39 is 29.8 Å². The van der Waals surface area contributed by atoms with Crippen molar-refractivity contribution in [3.8, 4) is 5.75 Å². The highest BCUT2D eigenvalue weighted by Crippen LogP contribution is 2.28. The number of carbonyl (C=O) groups excluding carboxylic acids is 1. The lowest BCUT2D eigenvalue weighted by molar-refractivity contribution is -0.138. The molecule has 0 aliphatic carbocycles. The molecule has 5 nitrogen and oxygen atoms in total. The zero-order valence-corrected chi connectivity index (χ0v) is 13.5. The van der Waals surface area contributed by atoms with E-state index in [0.29, 0.717) is 30.3 Å². The fourth-order valence-corrected chi connectivity index (χ4v) is 2.06. The average molecular weight is 354 g/mol.